The molecule has 23 heavy (non-hydrogen) atoms. The van der Waals surface area contributed by atoms with Crippen molar-refractivity contribution in [3.8, 4) is 0 Å². The van der Waals surface area contributed by atoms with Gasteiger partial charge in [-0.3, -0.25) is 10.3 Å². The molecule has 0 aliphatic carbocycles. The number of rotatable bonds is 3. The Labute approximate surface area is 139 Å². The maximum atomic E-state index is 8.49. The lowest BCUT2D eigenvalue weighted by molar-refractivity contribution is 1.23. The molecule has 0 aliphatic heterocycles. The molecule has 1 aromatic heterocycles. The van der Waals surface area contributed by atoms with Gasteiger partial charge in [-0.2, -0.15) is 0 Å². The topological polar surface area (TPSA) is 52.0 Å². The molecule has 0 amide bonds. The van der Waals surface area contributed by atoms with Crippen LogP contribution in [0, 0.1) is 19.3 Å². The van der Waals surface area contributed by atoms with Crippen LogP contribution in [0.15, 0.2) is 60.1 Å². The van der Waals surface area contributed by atoms with Crippen LogP contribution in [0.3, 0.4) is 0 Å². The molecule has 0 radical (unpaired) electrons. The van der Waals surface area contributed by atoms with Gasteiger partial charge in [0.25, 0.3) is 0 Å². The SMILES string of the molecule is Cc1ccc(NC(=N)N(c2ccc(C)cc2)c2nccs2)cc1. The Bertz CT molecular complexity index is 777. The number of hydrogen-bond acceptors (Lipinski definition) is 3. The van der Waals surface area contributed by atoms with E-state index in [9.17, 15) is 0 Å². The minimum Gasteiger partial charge on any atom is -0.326 e. The summed E-state index contributed by atoms with van der Waals surface area (Å²) in [7, 11) is 0. The molecule has 1 heterocycles. The van der Waals surface area contributed by atoms with E-state index in [-0.39, 0.29) is 5.96 Å². The molecule has 0 saturated heterocycles. The lowest BCUT2D eigenvalue weighted by Gasteiger charge is -2.23. The van der Waals surface area contributed by atoms with E-state index in [2.05, 4.69) is 10.3 Å². The van der Waals surface area contributed by atoms with E-state index < -0.39 is 0 Å². The molecule has 116 valence electrons. The third-order valence-electron chi connectivity index (χ3n) is 3.44. The number of benzene rings is 2. The van der Waals surface area contributed by atoms with E-state index in [0.717, 1.165) is 16.5 Å². The summed E-state index contributed by atoms with van der Waals surface area (Å²) in [5.41, 5.74) is 4.17. The van der Waals surface area contributed by atoms with Gasteiger partial charge in [0.05, 0.1) is 5.69 Å². The van der Waals surface area contributed by atoms with Gasteiger partial charge in [0.1, 0.15) is 0 Å². The molecule has 0 aliphatic rings. The van der Waals surface area contributed by atoms with Crippen LogP contribution in [0.2, 0.25) is 0 Å². The van der Waals surface area contributed by atoms with Crippen LogP contribution in [-0.4, -0.2) is 10.9 Å². The summed E-state index contributed by atoms with van der Waals surface area (Å²) in [6.07, 6.45) is 1.75. The Kier molecular flexibility index (Phi) is 4.39. The van der Waals surface area contributed by atoms with Gasteiger partial charge in [-0.25, -0.2) is 4.98 Å². The fourth-order valence-corrected chi connectivity index (χ4v) is 2.85. The number of nitrogens with one attached hydrogen (secondary N) is 2. The van der Waals surface area contributed by atoms with E-state index in [4.69, 9.17) is 5.41 Å². The Balaban J connectivity index is 1.90. The zero-order chi connectivity index (χ0) is 16.2. The van der Waals surface area contributed by atoms with Crippen LogP contribution < -0.4 is 10.2 Å². The molecular weight excluding hydrogens is 304 g/mol. The fraction of sp³-hybridized carbons (Fsp3) is 0.111. The number of aromatic nitrogens is 1. The molecule has 2 N–H and O–H groups in total. The molecule has 0 fully saturated rings. The summed E-state index contributed by atoms with van der Waals surface area (Å²) in [4.78, 5) is 6.17. The first-order valence-electron chi connectivity index (χ1n) is 7.32. The van der Waals surface area contributed by atoms with Crippen LogP contribution in [-0.2, 0) is 0 Å². The molecule has 0 atom stereocenters. The Hall–Kier alpha value is -2.66. The average Bonchev–Trinajstić information content (AvgIpc) is 3.06. The van der Waals surface area contributed by atoms with Crippen LogP contribution in [0.1, 0.15) is 11.1 Å². The molecular formula is C18H18N4S. The van der Waals surface area contributed by atoms with E-state index in [1.54, 1.807) is 6.20 Å². The maximum absolute atomic E-state index is 8.49. The van der Waals surface area contributed by atoms with E-state index in [1.165, 1.54) is 22.5 Å². The van der Waals surface area contributed by atoms with Gasteiger partial charge in [0.2, 0.25) is 5.96 Å². The van der Waals surface area contributed by atoms with Crippen molar-refractivity contribution in [1.82, 2.24) is 4.98 Å². The second-order valence-electron chi connectivity index (χ2n) is 5.33. The van der Waals surface area contributed by atoms with Crippen LogP contribution in [0.4, 0.5) is 16.5 Å². The van der Waals surface area contributed by atoms with Gasteiger partial charge >= 0.3 is 0 Å². The van der Waals surface area contributed by atoms with Crippen molar-refractivity contribution < 1.29 is 0 Å². The number of guanidine groups is 1. The van der Waals surface area contributed by atoms with Gasteiger partial charge in [-0.15, -0.1) is 11.3 Å². The maximum Gasteiger partial charge on any atom is 0.206 e. The summed E-state index contributed by atoms with van der Waals surface area (Å²) in [6.45, 7) is 4.09. The van der Waals surface area contributed by atoms with Gasteiger partial charge in [-0.05, 0) is 38.1 Å². The molecule has 3 aromatic rings. The van der Waals surface area contributed by atoms with E-state index in [0.29, 0.717) is 0 Å². The molecule has 0 spiro atoms. The summed E-state index contributed by atoms with van der Waals surface area (Å²) < 4.78 is 0. The summed E-state index contributed by atoms with van der Waals surface area (Å²) in [6, 6.07) is 16.1. The number of anilines is 3. The zero-order valence-electron chi connectivity index (χ0n) is 13.1. The lowest BCUT2D eigenvalue weighted by atomic mass is 10.2. The van der Waals surface area contributed by atoms with E-state index >= 15 is 0 Å². The third-order valence-corrected chi connectivity index (χ3v) is 4.20. The quantitative estimate of drug-likeness (QED) is 0.530. The normalized spacial score (nSPS) is 10.3. The Morgan fingerprint density at radius 1 is 1.00 bits per heavy atom. The molecule has 5 heteroatoms. The van der Waals surface area contributed by atoms with E-state index in [1.807, 2.05) is 72.7 Å². The predicted molar refractivity (Wildman–Crippen MR) is 98.0 cm³/mol. The van der Waals surface area contributed by atoms with Crippen molar-refractivity contribution in [2.45, 2.75) is 13.8 Å². The molecule has 0 unspecified atom stereocenters. The highest BCUT2D eigenvalue weighted by molar-refractivity contribution is 7.13. The number of aryl methyl sites for hydroxylation is 2. The zero-order valence-corrected chi connectivity index (χ0v) is 13.9. The Morgan fingerprint density at radius 3 is 2.17 bits per heavy atom. The first-order valence-corrected chi connectivity index (χ1v) is 8.20. The lowest BCUT2D eigenvalue weighted by Crippen LogP contribution is -2.31. The van der Waals surface area contributed by atoms with Crippen LogP contribution in [0.5, 0.6) is 0 Å². The molecule has 2 aromatic carbocycles. The first kappa shape index (κ1) is 15.2. The van der Waals surface area contributed by atoms with Crippen molar-refractivity contribution in [2.75, 3.05) is 10.2 Å². The van der Waals surface area contributed by atoms with Gasteiger partial charge in [0.15, 0.2) is 5.13 Å². The largest absolute Gasteiger partial charge is 0.326 e. The first-order chi connectivity index (χ1) is 11.1. The van der Waals surface area contributed by atoms with Crippen molar-refractivity contribution in [1.29, 1.82) is 5.41 Å². The van der Waals surface area contributed by atoms with Crippen LogP contribution in [0.25, 0.3) is 0 Å². The van der Waals surface area contributed by atoms with Crippen LogP contribution >= 0.6 is 11.3 Å². The van der Waals surface area contributed by atoms with Crippen molar-refractivity contribution in [3.63, 3.8) is 0 Å². The number of nitrogens with zero attached hydrogens (tertiary/aromatic N) is 2. The molecule has 0 saturated carbocycles. The molecule has 4 nitrogen and oxygen atoms in total. The van der Waals surface area contributed by atoms with Crippen molar-refractivity contribution >= 4 is 33.8 Å². The minimum atomic E-state index is 0.271. The smallest absolute Gasteiger partial charge is 0.206 e. The number of hydrogen-bond donors (Lipinski definition) is 2. The average molecular weight is 322 g/mol. The minimum absolute atomic E-state index is 0.271. The summed E-state index contributed by atoms with van der Waals surface area (Å²) in [5.74, 6) is 0.271. The Morgan fingerprint density at radius 2 is 1.61 bits per heavy atom. The van der Waals surface area contributed by atoms with Crippen molar-refractivity contribution in [3.05, 3.63) is 71.2 Å². The van der Waals surface area contributed by atoms with Gasteiger partial charge in [0, 0.05) is 17.3 Å². The second kappa shape index (κ2) is 6.62. The second-order valence-corrected chi connectivity index (χ2v) is 6.20. The van der Waals surface area contributed by atoms with Gasteiger partial charge < -0.3 is 5.32 Å². The van der Waals surface area contributed by atoms with Crippen molar-refractivity contribution in [2.24, 2.45) is 0 Å². The number of thiazole rings is 1. The highest BCUT2D eigenvalue weighted by Crippen LogP contribution is 2.28. The highest BCUT2D eigenvalue weighted by Gasteiger charge is 2.17. The standard InChI is InChI=1S/C18H18N4S/c1-13-3-7-15(8-4-13)21-17(19)22(18-20-11-12-23-18)16-9-5-14(2)6-10-16/h3-12H,1-2H3,(H2,19,21). The summed E-state index contributed by atoms with van der Waals surface area (Å²) >= 11 is 1.51. The third kappa shape index (κ3) is 3.57. The monoisotopic (exact) mass is 322 g/mol. The highest BCUT2D eigenvalue weighted by atomic mass is 32.1. The summed E-state index contributed by atoms with van der Waals surface area (Å²) in [5, 5.41) is 14.3. The molecule has 3 rings (SSSR count). The fourth-order valence-electron chi connectivity index (χ4n) is 2.18. The predicted octanol–water partition coefficient (Wildman–Crippen LogP) is 4.94. The van der Waals surface area contributed by atoms with Gasteiger partial charge in [-0.1, -0.05) is 35.4 Å². The molecule has 0 bridgehead atoms.